The minimum Gasteiger partial charge on any atom is -0.382 e. The normalized spacial score (nSPS) is 10.4. The Kier molecular flexibility index (Phi) is 5.68. The summed E-state index contributed by atoms with van der Waals surface area (Å²) < 4.78 is 26.4. The summed E-state index contributed by atoms with van der Waals surface area (Å²) in [6, 6.07) is 11.0. The summed E-state index contributed by atoms with van der Waals surface area (Å²) >= 11 is 0. The van der Waals surface area contributed by atoms with Crippen molar-refractivity contribution < 1.29 is 13.6 Å². The average molecular weight is 318 g/mol. The van der Waals surface area contributed by atoms with Crippen LogP contribution in [0.2, 0.25) is 0 Å². The zero-order chi connectivity index (χ0) is 16.8. The molecule has 0 aliphatic heterocycles. The van der Waals surface area contributed by atoms with E-state index in [1.54, 1.807) is 4.90 Å². The van der Waals surface area contributed by atoms with Crippen LogP contribution in [0.3, 0.4) is 0 Å². The Hall–Kier alpha value is -2.43. The molecule has 0 heterocycles. The van der Waals surface area contributed by atoms with E-state index in [-0.39, 0.29) is 24.6 Å². The molecule has 0 aliphatic rings. The molecule has 0 saturated carbocycles. The van der Waals surface area contributed by atoms with Gasteiger partial charge in [-0.15, -0.1) is 0 Å². The minimum absolute atomic E-state index is 0.0480. The molecule has 5 heteroatoms. The molecule has 0 radical (unpaired) electrons. The lowest BCUT2D eigenvalue weighted by molar-refractivity contribution is -0.118. The molecule has 0 aliphatic carbocycles. The molecule has 0 spiro atoms. The third kappa shape index (κ3) is 4.52. The molecular weight excluding hydrogens is 298 g/mol. The smallest absolute Gasteiger partial charge is 0.228 e. The van der Waals surface area contributed by atoms with Gasteiger partial charge in [-0.25, -0.2) is 8.78 Å². The predicted molar refractivity (Wildman–Crippen MR) is 88.7 cm³/mol. The van der Waals surface area contributed by atoms with Gasteiger partial charge in [-0.2, -0.15) is 0 Å². The van der Waals surface area contributed by atoms with Crippen LogP contribution in [0.25, 0.3) is 0 Å². The Morgan fingerprint density at radius 3 is 2.61 bits per heavy atom. The lowest BCUT2D eigenvalue weighted by Gasteiger charge is -2.21. The topological polar surface area (TPSA) is 32.3 Å². The minimum atomic E-state index is -0.663. The first-order valence-electron chi connectivity index (χ1n) is 7.57. The second-order valence-corrected chi connectivity index (χ2v) is 5.28. The summed E-state index contributed by atoms with van der Waals surface area (Å²) in [5, 5.41) is 2.82. The zero-order valence-electron chi connectivity index (χ0n) is 13.3. The van der Waals surface area contributed by atoms with Crippen molar-refractivity contribution in [1.29, 1.82) is 0 Å². The molecule has 0 fully saturated rings. The number of amides is 1. The van der Waals surface area contributed by atoms with E-state index in [4.69, 9.17) is 0 Å². The van der Waals surface area contributed by atoms with Gasteiger partial charge in [0.1, 0.15) is 11.6 Å². The van der Waals surface area contributed by atoms with Gasteiger partial charge in [-0.1, -0.05) is 12.1 Å². The van der Waals surface area contributed by atoms with Crippen LogP contribution in [-0.2, 0) is 4.79 Å². The summed E-state index contributed by atoms with van der Waals surface area (Å²) in [4.78, 5) is 14.0. The maximum Gasteiger partial charge on any atom is 0.228 e. The van der Waals surface area contributed by atoms with Crippen molar-refractivity contribution in [3.05, 3.63) is 59.7 Å². The van der Waals surface area contributed by atoms with Crippen LogP contribution in [0.4, 0.5) is 20.2 Å². The van der Waals surface area contributed by atoms with Crippen molar-refractivity contribution in [3.8, 4) is 0 Å². The highest BCUT2D eigenvalue weighted by atomic mass is 19.1. The Morgan fingerprint density at radius 2 is 1.96 bits per heavy atom. The maximum absolute atomic E-state index is 13.5. The molecule has 0 atom stereocenters. The molecule has 23 heavy (non-hydrogen) atoms. The summed E-state index contributed by atoms with van der Waals surface area (Å²) in [5.74, 6) is -1.34. The molecule has 0 aromatic heterocycles. The average Bonchev–Trinajstić information content (AvgIpc) is 2.50. The molecule has 3 nitrogen and oxygen atoms in total. The lowest BCUT2D eigenvalue weighted by atomic mass is 10.2. The molecule has 1 amide bonds. The summed E-state index contributed by atoms with van der Waals surface area (Å²) in [6.07, 6.45) is 0.221. The van der Waals surface area contributed by atoms with E-state index in [0.29, 0.717) is 6.54 Å². The molecule has 0 saturated heterocycles. The van der Waals surface area contributed by atoms with Crippen molar-refractivity contribution in [2.75, 3.05) is 23.3 Å². The standard InChI is InChI=1S/C18H20F2N2O/c1-3-22(15-6-4-5-13(2)11-15)18(23)9-10-21-17-8-7-14(19)12-16(17)20/h4-8,11-12,21H,3,9-10H2,1-2H3. The number of hydrogen-bond donors (Lipinski definition) is 1. The fraction of sp³-hybridized carbons (Fsp3) is 0.278. The van der Waals surface area contributed by atoms with Crippen LogP contribution < -0.4 is 10.2 Å². The number of nitrogens with one attached hydrogen (secondary N) is 1. The van der Waals surface area contributed by atoms with E-state index in [9.17, 15) is 13.6 Å². The third-order valence-corrected chi connectivity index (χ3v) is 3.52. The number of anilines is 2. The Bertz CT molecular complexity index is 688. The van der Waals surface area contributed by atoms with Gasteiger partial charge in [0.05, 0.1) is 5.69 Å². The molecule has 2 rings (SSSR count). The van der Waals surface area contributed by atoms with Gasteiger partial charge in [-0.3, -0.25) is 4.79 Å². The summed E-state index contributed by atoms with van der Waals surface area (Å²) in [6.45, 7) is 4.73. The second-order valence-electron chi connectivity index (χ2n) is 5.28. The first-order valence-corrected chi connectivity index (χ1v) is 7.57. The van der Waals surface area contributed by atoms with Crippen molar-refractivity contribution in [1.82, 2.24) is 0 Å². The number of aryl methyl sites for hydroxylation is 1. The highest BCUT2D eigenvalue weighted by molar-refractivity contribution is 5.93. The number of benzene rings is 2. The van der Waals surface area contributed by atoms with E-state index >= 15 is 0 Å². The molecular formula is C18H20F2N2O. The van der Waals surface area contributed by atoms with Gasteiger partial charge in [0.15, 0.2) is 0 Å². The molecule has 2 aromatic carbocycles. The molecule has 0 bridgehead atoms. The zero-order valence-corrected chi connectivity index (χ0v) is 13.3. The van der Waals surface area contributed by atoms with E-state index in [0.717, 1.165) is 17.3 Å². The number of halogens is 2. The third-order valence-electron chi connectivity index (χ3n) is 3.52. The quantitative estimate of drug-likeness (QED) is 0.868. The van der Waals surface area contributed by atoms with Crippen LogP contribution in [0.5, 0.6) is 0 Å². The summed E-state index contributed by atoms with van der Waals surface area (Å²) in [5.41, 5.74) is 2.13. The van der Waals surface area contributed by atoms with Gasteiger partial charge in [-0.05, 0) is 43.7 Å². The molecule has 0 unspecified atom stereocenters. The van der Waals surface area contributed by atoms with Crippen molar-refractivity contribution in [2.45, 2.75) is 20.3 Å². The van der Waals surface area contributed by atoms with Crippen molar-refractivity contribution >= 4 is 17.3 Å². The molecule has 2 aromatic rings. The van der Waals surface area contributed by atoms with Crippen LogP contribution in [0.1, 0.15) is 18.9 Å². The van der Waals surface area contributed by atoms with Crippen LogP contribution in [-0.4, -0.2) is 19.0 Å². The Balaban J connectivity index is 1.95. The fourth-order valence-corrected chi connectivity index (χ4v) is 2.37. The van der Waals surface area contributed by atoms with E-state index in [1.807, 2.05) is 38.1 Å². The second kappa shape index (κ2) is 7.72. The van der Waals surface area contributed by atoms with Crippen molar-refractivity contribution in [2.24, 2.45) is 0 Å². The largest absolute Gasteiger partial charge is 0.382 e. The monoisotopic (exact) mass is 318 g/mol. The van der Waals surface area contributed by atoms with E-state index in [1.165, 1.54) is 12.1 Å². The van der Waals surface area contributed by atoms with Gasteiger partial charge < -0.3 is 10.2 Å². The highest BCUT2D eigenvalue weighted by Gasteiger charge is 2.14. The summed E-state index contributed by atoms with van der Waals surface area (Å²) in [7, 11) is 0. The molecule has 122 valence electrons. The number of carbonyl (C=O) groups excluding carboxylic acids is 1. The van der Waals surface area contributed by atoms with Gasteiger partial charge in [0.2, 0.25) is 5.91 Å². The van der Waals surface area contributed by atoms with E-state index in [2.05, 4.69) is 5.32 Å². The number of nitrogens with zero attached hydrogens (tertiary/aromatic N) is 1. The van der Waals surface area contributed by atoms with E-state index < -0.39 is 11.6 Å². The lowest BCUT2D eigenvalue weighted by Crippen LogP contribution is -2.32. The maximum atomic E-state index is 13.5. The number of hydrogen-bond acceptors (Lipinski definition) is 2. The van der Waals surface area contributed by atoms with Gasteiger partial charge >= 0.3 is 0 Å². The molecule has 1 N–H and O–H groups in total. The van der Waals surface area contributed by atoms with Gasteiger partial charge in [0, 0.05) is 31.3 Å². The Labute approximate surface area is 134 Å². The number of rotatable bonds is 6. The first kappa shape index (κ1) is 16.9. The first-order chi connectivity index (χ1) is 11.0. The SMILES string of the molecule is CCN(C(=O)CCNc1ccc(F)cc1F)c1cccc(C)c1. The number of carbonyl (C=O) groups is 1. The predicted octanol–water partition coefficient (Wildman–Crippen LogP) is 4.13. The van der Waals surface area contributed by atoms with Crippen molar-refractivity contribution in [3.63, 3.8) is 0 Å². The Morgan fingerprint density at radius 1 is 1.17 bits per heavy atom. The van der Waals surface area contributed by atoms with Gasteiger partial charge in [0.25, 0.3) is 0 Å². The van der Waals surface area contributed by atoms with Crippen LogP contribution >= 0.6 is 0 Å². The highest BCUT2D eigenvalue weighted by Crippen LogP contribution is 2.18. The fourth-order valence-electron chi connectivity index (χ4n) is 2.37. The van der Waals surface area contributed by atoms with Crippen LogP contribution in [0.15, 0.2) is 42.5 Å². The van der Waals surface area contributed by atoms with Crippen LogP contribution in [0, 0.1) is 18.6 Å².